The maximum absolute atomic E-state index is 12.2. The highest BCUT2D eigenvalue weighted by Crippen LogP contribution is 2.27. The number of carbonyl (C=O) groups excluding carboxylic acids is 2. The fourth-order valence-electron chi connectivity index (χ4n) is 2.76. The summed E-state index contributed by atoms with van der Waals surface area (Å²) in [6.07, 6.45) is 1.05. The van der Waals surface area contributed by atoms with E-state index in [1.165, 1.54) is 11.3 Å². The number of benzene rings is 2. The number of thiazole rings is 1. The largest absolute Gasteiger partial charge is 0.497 e. The van der Waals surface area contributed by atoms with Crippen LogP contribution in [0.25, 0.3) is 10.2 Å². The Morgan fingerprint density at radius 3 is 2.72 bits per heavy atom. The maximum atomic E-state index is 12.2. The smallest absolute Gasteiger partial charge is 0.228 e. The van der Waals surface area contributed by atoms with Gasteiger partial charge in [-0.2, -0.15) is 0 Å². The SMILES string of the molecule is COc1cccc(CNC(=O)CCc2ccc3nc(NC(=O)C(C)C)sc3c2)c1. The third-order valence-corrected chi connectivity index (χ3v) is 5.41. The van der Waals surface area contributed by atoms with Crippen molar-refractivity contribution in [3.8, 4) is 5.75 Å². The Labute approximate surface area is 174 Å². The van der Waals surface area contributed by atoms with Crippen LogP contribution < -0.4 is 15.4 Å². The van der Waals surface area contributed by atoms with Gasteiger partial charge < -0.3 is 15.4 Å². The summed E-state index contributed by atoms with van der Waals surface area (Å²) in [4.78, 5) is 28.5. The van der Waals surface area contributed by atoms with Crippen LogP contribution in [0.5, 0.6) is 5.75 Å². The molecule has 0 atom stereocenters. The number of methoxy groups -OCH3 is 1. The van der Waals surface area contributed by atoms with Gasteiger partial charge in [-0.25, -0.2) is 4.98 Å². The van der Waals surface area contributed by atoms with Crippen molar-refractivity contribution in [3.05, 3.63) is 53.6 Å². The maximum Gasteiger partial charge on any atom is 0.228 e. The Morgan fingerprint density at radius 2 is 1.97 bits per heavy atom. The van der Waals surface area contributed by atoms with Gasteiger partial charge in [0.05, 0.1) is 17.3 Å². The van der Waals surface area contributed by atoms with Crippen molar-refractivity contribution in [2.24, 2.45) is 5.92 Å². The van der Waals surface area contributed by atoms with Crippen LogP contribution in [-0.2, 0) is 22.6 Å². The van der Waals surface area contributed by atoms with Crippen molar-refractivity contribution >= 4 is 38.5 Å². The average Bonchev–Trinajstić information content (AvgIpc) is 3.12. The van der Waals surface area contributed by atoms with Crippen LogP contribution in [0.3, 0.4) is 0 Å². The zero-order valence-electron chi connectivity index (χ0n) is 16.8. The van der Waals surface area contributed by atoms with E-state index in [0.717, 1.165) is 27.1 Å². The van der Waals surface area contributed by atoms with Crippen molar-refractivity contribution in [1.29, 1.82) is 0 Å². The van der Waals surface area contributed by atoms with E-state index >= 15 is 0 Å². The molecule has 0 fully saturated rings. The Morgan fingerprint density at radius 1 is 1.14 bits per heavy atom. The summed E-state index contributed by atoms with van der Waals surface area (Å²) < 4.78 is 6.20. The summed E-state index contributed by atoms with van der Waals surface area (Å²) in [6.45, 7) is 4.17. The molecule has 0 bridgehead atoms. The zero-order chi connectivity index (χ0) is 20.8. The van der Waals surface area contributed by atoms with Crippen LogP contribution in [0.1, 0.15) is 31.4 Å². The minimum Gasteiger partial charge on any atom is -0.497 e. The molecule has 2 aromatic carbocycles. The van der Waals surface area contributed by atoms with Gasteiger partial charge in [-0.3, -0.25) is 9.59 Å². The lowest BCUT2D eigenvalue weighted by Crippen LogP contribution is -2.22. The first-order valence-electron chi connectivity index (χ1n) is 9.54. The van der Waals surface area contributed by atoms with E-state index in [0.29, 0.717) is 24.5 Å². The fraction of sp³-hybridized carbons (Fsp3) is 0.318. The highest BCUT2D eigenvalue weighted by Gasteiger charge is 2.11. The van der Waals surface area contributed by atoms with E-state index in [4.69, 9.17) is 4.74 Å². The number of nitrogens with one attached hydrogen (secondary N) is 2. The van der Waals surface area contributed by atoms with E-state index in [1.807, 2.05) is 56.3 Å². The summed E-state index contributed by atoms with van der Waals surface area (Å²) in [7, 11) is 1.62. The molecule has 1 heterocycles. The molecule has 6 nitrogen and oxygen atoms in total. The van der Waals surface area contributed by atoms with E-state index in [2.05, 4.69) is 15.6 Å². The molecule has 7 heteroatoms. The lowest BCUT2D eigenvalue weighted by atomic mass is 10.1. The van der Waals surface area contributed by atoms with Crippen molar-refractivity contribution in [2.45, 2.75) is 33.2 Å². The molecule has 0 aliphatic heterocycles. The van der Waals surface area contributed by atoms with Crippen LogP contribution in [0.15, 0.2) is 42.5 Å². The third kappa shape index (κ3) is 5.77. The minimum atomic E-state index is -0.0898. The molecule has 2 N–H and O–H groups in total. The number of aryl methyl sites for hydroxylation is 1. The van der Waals surface area contributed by atoms with Gasteiger partial charge in [-0.05, 0) is 41.8 Å². The van der Waals surface area contributed by atoms with Gasteiger partial charge in [0.2, 0.25) is 11.8 Å². The van der Waals surface area contributed by atoms with Gasteiger partial charge in [0, 0.05) is 18.9 Å². The van der Waals surface area contributed by atoms with Gasteiger partial charge in [-0.1, -0.05) is 43.4 Å². The number of hydrogen-bond acceptors (Lipinski definition) is 5. The second kappa shape index (κ2) is 9.52. The second-order valence-corrected chi connectivity index (χ2v) is 8.12. The number of rotatable bonds is 8. The number of fused-ring (bicyclic) bond motifs is 1. The lowest BCUT2D eigenvalue weighted by molar-refractivity contribution is -0.121. The van der Waals surface area contributed by atoms with Gasteiger partial charge in [0.15, 0.2) is 5.13 Å². The molecular weight excluding hydrogens is 386 g/mol. The van der Waals surface area contributed by atoms with Crippen LogP contribution >= 0.6 is 11.3 Å². The monoisotopic (exact) mass is 411 g/mol. The van der Waals surface area contributed by atoms with Crippen molar-refractivity contribution < 1.29 is 14.3 Å². The molecule has 1 aromatic heterocycles. The Bertz CT molecular complexity index is 1010. The summed E-state index contributed by atoms with van der Waals surface area (Å²) in [5.74, 6) is 0.644. The molecule has 0 saturated heterocycles. The van der Waals surface area contributed by atoms with Crippen LogP contribution in [0.4, 0.5) is 5.13 Å². The molecule has 0 aliphatic carbocycles. The molecule has 0 radical (unpaired) electrons. The van der Waals surface area contributed by atoms with Crippen LogP contribution in [0, 0.1) is 5.92 Å². The first-order valence-corrected chi connectivity index (χ1v) is 10.4. The molecule has 3 aromatic rings. The van der Waals surface area contributed by atoms with Gasteiger partial charge in [-0.15, -0.1) is 0 Å². The predicted octanol–water partition coefficient (Wildman–Crippen LogP) is 4.15. The van der Waals surface area contributed by atoms with E-state index in [-0.39, 0.29) is 17.7 Å². The van der Waals surface area contributed by atoms with E-state index in [1.54, 1.807) is 7.11 Å². The van der Waals surface area contributed by atoms with Crippen LogP contribution in [-0.4, -0.2) is 23.9 Å². The molecule has 3 rings (SSSR count). The summed E-state index contributed by atoms with van der Waals surface area (Å²) in [5, 5.41) is 6.38. The molecule has 0 unspecified atom stereocenters. The average molecular weight is 412 g/mol. The normalized spacial score (nSPS) is 10.9. The standard InChI is InChI=1S/C22H25N3O3S/c1-14(2)21(27)25-22-24-18-9-7-15(12-19(18)29-22)8-10-20(26)23-13-16-5-4-6-17(11-16)28-3/h4-7,9,11-12,14H,8,10,13H2,1-3H3,(H,23,26)(H,24,25,27). The fourth-order valence-corrected chi connectivity index (χ4v) is 3.69. The summed E-state index contributed by atoms with van der Waals surface area (Å²) in [5.41, 5.74) is 2.92. The topological polar surface area (TPSA) is 80.3 Å². The first-order chi connectivity index (χ1) is 13.9. The Hall–Kier alpha value is -2.93. The number of anilines is 1. The Kier molecular flexibility index (Phi) is 6.82. The predicted molar refractivity (Wildman–Crippen MR) is 116 cm³/mol. The van der Waals surface area contributed by atoms with Crippen LogP contribution in [0.2, 0.25) is 0 Å². The first kappa shape index (κ1) is 20.8. The molecular formula is C22H25N3O3S. The molecule has 0 aliphatic rings. The molecule has 0 saturated carbocycles. The highest BCUT2D eigenvalue weighted by molar-refractivity contribution is 7.22. The van der Waals surface area contributed by atoms with Crippen molar-refractivity contribution in [3.63, 3.8) is 0 Å². The van der Waals surface area contributed by atoms with Crippen molar-refractivity contribution in [1.82, 2.24) is 10.3 Å². The molecule has 2 amide bonds. The quantitative estimate of drug-likeness (QED) is 0.584. The van der Waals surface area contributed by atoms with Gasteiger partial charge in [0.1, 0.15) is 5.75 Å². The van der Waals surface area contributed by atoms with Crippen molar-refractivity contribution in [2.75, 3.05) is 12.4 Å². The van der Waals surface area contributed by atoms with E-state index < -0.39 is 0 Å². The van der Waals surface area contributed by atoms with Gasteiger partial charge >= 0.3 is 0 Å². The lowest BCUT2D eigenvalue weighted by Gasteiger charge is -2.07. The number of carbonyl (C=O) groups is 2. The third-order valence-electron chi connectivity index (χ3n) is 4.47. The van der Waals surface area contributed by atoms with E-state index in [9.17, 15) is 9.59 Å². The molecule has 29 heavy (non-hydrogen) atoms. The molecule has 152 valence electrons. The van der Waals surface area contributed by atoms with Gasteiger partial charge in [0.25, 0.3) is 0 Å². The Balaban J connectivity index is 1.54. The number of hydrogen-bond donors (Lipinski definition) is 2. The number of nitrogens with zero attached hydrogens (tertiary/aromatic N) is 1. The summed E-state index contributed by atoms with van der Waals surface area (Å²) >= 11 is 1.45. The zero-order valence-corrected chi connectivity index (χ0v) is 17.6. The second-order valence-electron chi connectivity index (χ2n) is 7.09. The minimum absolute atomic E-state index is 0.00195. The highest BCUT2D eigenvalue weighted by atomic mass is 32.1. The summed E-state index contributed by atoms with van der Waals surface area (Å²) in [6, 6.07) is 13.6. The number of amides is 2. The molecule has 0 spiro atoms. The number of aromatic nitrogens is 1. The number of ether oxygens (including phenoxy) is 1.